The van der Waals surface area contributed by atoms with E-state index < -0.39 is 0 Å². The molecule has 1 aromatic carbocycles. The van der Waals surface area contributed by atoms with E-state index in [1.807, 2.05) is 26.0 Å². The van der Waals surface area contributed by atoms with Crippen LogP contribution in [-0.4, -0.2) is 13.7 Å². The molecule has 1 atom stereocenters. The summed E-state index contributed by atoms with van der Waals surface area (Å²) >= 11 is 7.66. The molecule has 2 nitrogen and oxygen atoms in total. The Balaban J connectivity index is 2.40. The van der Waals surface area contributed by atoms with Gasteiger partial charge in [-0.05, 0) is 42.8 Å². The van der Waals surface area contributed by atoms with Crippen LogP contribution in [0, 0.1) is 12.7 Å². The highest BCUT2D eigenvalue weighted by atomic mass is 35.5. The number of halogens is 2. The Labute approximate surface area is 127 Å². The predicted octanol–water partition coefficient (Wildman–Crippen LogP) is 4.56. The first-order valence-electron chi connectivity index (χ1n) is 6.39. The predicted molar refractivity (Wildman–Crippen MR) is 82.5 cm³/mol. The van der Waals surface area contributed by atoms with Crippen molar-refractivity contribution < 1.29 is 9.13 Å². The number of ether oxygens (including phenoxy) is 1. The molecule has 0 aliphatic rings. The number of hydrogen-bond donors (Lipinski definition) is 1. The normalized spacial score (nSPS) is 12.4. The summed E-state index contributed by atoms with van der Waals surface area (Å²) in [4.78, 5) is 1.08. The number of nitrogens with one attached hydrogen (secondary N) is 1. The summed E-state index contributed by atoms with van der Waals surface area (Å²) in [5, 5.41) is 3.36. The molecule has 20 heavy (non-hydrogen) atoms. The van der Waals surface area contributed by atoms with Crippen LogP contribution in [0.4, 0.5) is 4.39 Å². The van der Waals surface area contributed by atoms with Crippen molar-refractivity contribution in [1.82, 2.24) is 5.32 Å². The lowest BCUT2D eigenvalue weighted by molar-refractivity contribution is 0.386. The van der Waals surface area contributed by atoms with Crippen molar-refractivity contribution >= 4 is 22.9 Å². The van der Waals surface area contributed by atoms with E-state index in [2.05, 4.69) is 5.32 Å². The zero-order valence-electron chi connectivity index (χ0n) is 11.7. The van der Waals surface area contributed by atoms with E-state index in [0.717, 1.165) is 26.9 Å². The average molecular weight is 314 g/mol. The molecule has 108 valence electrons. The van der Waals surface area contributed by atoms with E-state index >= 15 is 0 Å². The minimum atomic E-state index is -0.354. The van der Waals surface area contributed by atoms with E-state index in [9.17, 15) is 4.39 Å². The van der Waals surface area contributed by atoms with Crippen LogP contribution in [0.15, 0.2) is 24.3 Å². The van der Waals surface area contributed by atoms with Crippen molar-refractivity contribution in [3.63, 3.8) is 0 Å². The summed E-state index contributed by atoms with van der Waals surface area (Å²) in [7, 11) is 1.46. The lowest BCUT2D eigenvalue weighted by atomic mass is 10.0. The summed E-state index contributed by atoms with van der Waals surface area (Å²) in [5.74, 6) is -0.100. The first kappa shape index (κ1) is 15.3. The van der Waals surface area contributed by atoms with Gasteiger partial charge in [0.25, 0.3) is 0 Å². The highest BCUT2D eigenvalue weighted by Crippen LogP contribution is 2.35. The molecule has 0 spiro atoms. The fourth-order valence-electron chi connectivity index (χ4n) is 2.07. The number of hydrogen-bond acceptors (Lipinski definition) is 3. The quantitative estimate of drug-likeness (QED) is 0.874. The molecule has 0 radical (unpaired) electrons. The van der Waals surface area contributed by atoms with E-state index in [1.165, 1.54) is 24.5 Å². The second-order valence-corrected chi connectivity index (χ2v) is 6.18. The molecule has 0 aliphatic heterocycles. The van der Waals surface area contributed by atoms with Gasteiger partial charge in [-0.25, -0.2) is 4.39 Å². The highest BCUT2D eigenvalue weighted by Gasteiger charge is 2.18. The Morgan fingerprint density at radius 2 is 2.15 bits per heavy atom. The third-order valence-corrected chi connectivity index (χ3v) is 4.70. The molecule has 1 N–H and O–H groups in total. The van der Waals surface area contributed by atoms with E-state index in [4.69, 9.17) is 16.3 Å². The van der Waals surface area contributed by atoms with E-state index in [1.54, 1.807) is 6.07 Å². The van der Waals surface area contributed by atoms with Crippen LogP contribution in [0.5, 0.6) is 5.75 Å². The third kappa shape index (κ3) is 3.14. The summed E-state index contributed by atoms with van der Waals surface area (Å²) in [6.45, 7) is 4.78. The third-order valence-electron chi connectivity index (χ3n) is 3.08. The van der Waals surface area contributed by atoms with Crippen molar-refractivity contribution in [3.8, 4) is 5.75 Å². The number of aryl methyl sites for hydroxylation is 1. The average Bonchev–Trinajstić information content (AvgIpc) is 2.75. The van der Waals surface area contributed by atoms with Crippen LogP contribution in [0.2, 0.25) is 4.34 Å². The molecular weight excluding hydrogens is 297 g/mol. The van der Waals surface area contributed by atoms with Gasteiger partial charge in [-0.2, -0.15) is 0 Å². The Morgan fingerprint density at radius 1 is 1.40 bits per heavy atom. The monoisotopic (exact) mass is 313 g/mol. The molecule has 1 aromatic heterocycles. The molecule has 0 amide bonds. The topological polar surface area (TPSA) is 21.3 Å². The largest absolute Gasteiger partial charge is 0.494 e. The Bertz CT molecular complexity index is 580. The molecule has 0 aliphatic carbocycles. The molecule has 0 saturated carbocycles. The van der Waals surface area contributed by atoms with E-state index in [-0.39, 0.29) is 17.6 Å². The van der Waals surface area contributed by atoms with Crippen LogP contribution in [0.25, 0.3) is 0 Å². The van der Waals surface area contributed by atoms with Gasteiger partial charge in [-0.1, -0.05) is 24.6 Å². The maximum atomic E-state index is 13.9. The number of benzene rings is 1. The zero-order valence-corrected chi connectivity index (χ0v) is 13.2. The fraction of sp³-hybridized carbons (Fsp3) is 0.333. The second-order valence-electron chi connectivity index (χ2n) is 4.49. The number of thiophene rings is 1. The van der Waals surface area contributed by atoms with Crippen molar-refractivity contribution in [3.05, 3.63) is 50.4 Å². The highest BCUT2D eigenvalue weighted by molar-refractivity contribution is 7.16. The van der Waals surface area contributed by atoms with Gasteiger partial charge in [-0.3, -0.25) is 0 Å². The summed E-state index contributed by atoms with van der Waals surface area (Å²) in [6.07, 6.45) is 0. The SMILES string of the molecule is CCNC(c1ccc(OC)c(F)c1)c1cc(C)c(Cl)s1. The lowest BCUT2D eigenvalue weighted by Crippen LogP contribution is -2.21. The first-order chi connectivity index (χ1) is 9.56. The molecule has 2 rings (SSSR count). The molecule has 0 saturated heterocycles. The minimum Gasteiger partial charge on any atom is -0.494 e. The summed E-state index contributed by atoms with van der Waals surface area (Å²) in [6, 6.07) is 7.02. The van der Waals surface area contributed by atoms with Gasteiger partial charge in [0.2, 0.25) is 0 Å². The molecule has 5 heteroatoms. The second kappa shape index (κ2) is 6.57. The molecular formula is C15H17ClFNOS. The smallest absolute Gasteiger partial charge is 0.165 e. The number of methoxy groups -OCH3 is 1. The van der Waals surface area contributed by atoms with Crippen molar-refractivity contribution in [1.29, 1.82) is 0 Å². The van der Waals surface area contributed by atoms with Gasteiger partial charge >= 0.3 is 0 Å². The van der Waals surface area contributed by atoms with Gasteiger partial charge in [0.05, 0.1) is 17.5 Å². The van der Waals surface area contributed by atoms with Crippen molar-refractivity contribution in [2.45, 2.75) is 19.9 Å². The van der Waals surface area contributed by atoms with Gasteiger partial charge in [0.1, 0.15) is 0 Å². The van der Waals surface area contributed by atoms with Crippen LogP contribution in [-0.2, 0) is 0 Å². The maximum absolute atomic E-state index is 13.9. The Morgan fingerprint density at radius 3 is 2.65 bits per heavy atom. The standard InChI is InChI=1S/C15H17ClFNOS/c1-4-18-14(13-7-9(2)15(16)20-13)10-5-6-12(19-3)11(17)8-10/h5-8,14,18H,4H2,1-3H3. The maximum Gasteiger partial charge on any atom is 0.165 e. The molecule has 1 heterocycles. The van der Waals surface area contributed by atoms with Gasteiger partial charge in [0, 0.05) is 4.88 Å². The van der Waals surface area contributed by atoms with Gasteiger partial charge in [0.15, 0.2) is 11.6 Å². The van der Waals surface area contributed by atoms with Crippen molar-refractivity contribution in [2.75, 3.05) is 13.7 Å². The van der Waals surface area contributed by atoms with Crippen LogP contribution in [0.3, 0.4) is 0 Å². The molecule has 0 fully saturated rings. The minimum absolute atomic E-state index is 0.0587. The van der Waals surface area contributed by atoms with Gasteiger partial charge in [-0.15, -0.1) is 11.3 Å². The molecule has 0 bridgehead atoms. The fourth-order valence-corrected chi connectivity index (χ4v) is 3.40. The summed E-state index contributed by atoms with van der Waals surface area (Å²) < 4.78 is 19.6. The van der Waals surface area contributed by atoms with Crippen LogP contribution >= 0.6 is 22.9 Å². The number of rotatable bonds is 5. The Kier molecular flexibility index (Phi) is 5.02. The first-order valence-corrected chi connectivity index (χ1v) is 7.59. The van der Waals surface area contributed by atoms with Gasteiger partial charge < -0.3 is 10.1 Å². The molecule has 1 unspecified atom stereocenters. The molecule has 2 aromatic rings. The zero-order chi connectivity index (χ0) is 14.7. The van der Waals surface area contributed by atoms with Crippen LogP contribution < -0.4 is 10.1 Å². The lowest BCUT2D eigenvalue weighted by Gasteiger charge is -2.17. The van der Waals surface area contributed by atoms with Crippen molar-refractivity contribution in [2.24, 2.45) is 0 Å². The Hall–Kier alpha value is -1.10. The van der Waals surface area contributed by atoms with Crippen LogP contribution in [0.1, 0.15) is 29.0 Å². The summed E-state index contributed by atoms with van der Waals surface area (Å²) in [5.41, 5.74) is 1.91. The van der Waals surface area contributed by atoms with E-state index in [0.29, 0.717) is 0 Å².